The molecule has 1 aliphatic heterocycles. The summed E-state index contributed by atoms with van der Waals surface area (Å²) in [6.07, 6.45) is 1.58. The summed E-state index contributed by atoms with van der Waals surface area (Å²) in [5.74, 6) is -2.86. The zero-order valence-corrected chi connectivity index (χ0v) is 20.3. The first kappa shape index (κ1) is 25.3. The number of hydrogen-bond donors (Lipinski definition) is 1. The molecule has 0 aromatic heterocycles. The number of thiocarbonyl (C=S) groups is 1. The SMILES string of the molecule is O=C(O)CN1C(=O)/C(=C/c2ccc(OCc3ccccc3)c(OCc3ccc(F)c(F)c3)c2)SC1=S. The van der Waals surface area contributed by atoms with E-state index in [1.807, 2.05) is 30.3 Å². The third-order valence-corrected chi connectivity index (χ3v) is 6.43. The zero-order chi connectivity index (χ0) is 25.7. The van der Waals surface area contributed by atoms with Crippen LogP contribution >= 0.6 is 24.0 Å². The Labute approximate surface area is 215 Å². The zero-order valence-electron chi connectivity index (χ0n) is 18.6. The average Bonchev–Trinajstić information content (AvgIpc) is 3.11. The summed E-state index contributed by atoms with van der Waals surface area (Å²) in [6.45, 7) is -0.296. The monoisotopic (exact) mass is 527 g/mol. The van der Waals surface area contributed by atoms with Gasteiger partial charge in [0.25, 0.3) is 5.91 Å². The second-order valence-corrected chi connectivity index (χ2v) is 9.35. The molecule has 1 heterocycles. The molecule has 6 nitrogen and oxygen atoms in total. The molecule has 3 aromatic carbocycles. The Morgan fingerprint density at radius 3 is 2.39 bits per heavy atom. The first-order valence-electron chi connectivity index (χ1n) is 10.6. The number of amides is 1. The minimum atomic E-state index is -1.17. The number of ether oxygens (including phenoxy) is 2. The summed E-state index contributed by atoms with van der Waals surface area (Å²) in [4.78, 5) is 24.9. The van der Waals surface area contributed by atoms with Gasteiger partial charge >= 0.3 is 5.97 Å². The molecule has 0 aliphatic carbocycles. The fourth-order valence-corrected chi connectivity index (χ4v) is 4.55. The predicted molar refractivity (Wildman–Crippen MR) is 135 cm³/mol. The number of hydrogen-bond acceptors (Lipinski definition) is 6. The number of carbonyl (C=O) groups is 2. The maximum absolute atomic E-state index is 13.6. The van der Waals surface area contributed by atoms with E-state index in [4.69, 9.17) is 26.8 Å². The highest BCUT2D eigenvalue weighted by atomic mass is 32.2. The van der Waals surface area contributed by atoms with Crippen LogP contribution in [0.1, 0.15) is 16.7 Å². The van der Waals surface area contributed by atoms with Gasteiger partial charge in [0.15, 0.2) is 23.1 Å². The van der Waals surface area contributed by atoms with Crippen LogP contribution in [0.2, 0.25) is 0 Å². The second kappa shape index (κ2) is 11.3. The van der Waals surface area contributed by atoms with Gasteiger partial charge in [0.05, 0.1) is 4.91 Å². The summed E-state index contributed by atoms with van der Waals surface area (Å²) < 4.78 is 38.9. The summed E-state index contributed by atoms with van der Waals surface area (Å²) in [5.41, 5.74) is 1.94. The Balaban J connectivity index is 1.58. The highest BCUT2D eigenvalue weighted by molar-refractivity contribution is 8.26. The van der Waals surface area contributed by atoms with Crippen LogP contribution in [0.5, 0.6) is 11.5 Å². The minimum absolute atomic E-state index is 0.0525. The number of carbonyl (C=O) groups excluding carboxylic acids is 1. The van der Waals surface area contributed by atoms with Crippen LogP contribution in [-0.2, 0) is 22.8 Å². The van der Waals surface area contributed by atoms with Crippen molar-refractivity contribution in [2.24, 2.45) is 0 Å². The number of nitrogens with zero attached hydrogens (tertiary/aromatic N) is 1. The van der Waals surface area contributed by atoms with E-state index in [1.54, 1.807) is 24.3 Å². The number of rotatable bonds is 9. The van der Waals surface area contributed by atoms with E-state index >= 15 is 0 Å². The van der Waals surface area contributed by atoms with Crippen LogP contribution < -0.4 is 9.47 Å². The normalized spacial score (nSPS) is 14.4. The maximum atomic E-state index is 13.6. The molecule has 0 atom stereocenters. The van der Waals surface area contributed by atoms with E-state index in [2.05, 4.69) is 0 Å². The van der Waals surface area contributed by atoms with Gasteiger partial charge in [0.1, 0.15) is 24.1 Å². The van der Waals surface area contributed by atoms with Crippen LogP contribution in [0.4, 0.5) is 8.78 Å². The van der Waals surface area contributed by atoms with Gasteiger partial charge in [-0.25, -0.2) is 8.78 Å². The third kappa shape index (κ3) is 6.27. The van der Waals surface area contributed by atoms with Gasteiger partial charge in [-0.2, -0.15) is 0 Å². The van der Waals surface area contributed by atoms with Gasteiger partial charge in [0.2, 0.25) is 0 Å². The molecule has 1 amide bonds. The number of aliphatic carboxylic acids is 1. The minimum Gasteiger partial charge on any atom is -0.485 e. The highest BCUT2D eigenvalue weighted by Crippen LogP contribution is 2.35. The fraction of sp³-hybridized carbons (Fsp3) is 0.115. The standard InChI is InChI=1S/C26H19F2NO5S2/c27-19-8-6-18(10-20(19)28)15-34-22-11-17(7-9-21(22)33-14-16-4-2-1-3-5-16)12-23-25(32)29(13-24(30)31)26(35)36-23/h1-12H,13-15H2,(H,30,31)/b23-12-. The quantitative estimate of drug-likeness (QED) is 0.295. The van der Waals surface area contributed by atoms with Crippen LogP contribution in [0.15, 0.2) is 71.6 Å². The Morgan fingerprint density at radius 2 is 1.67 bits per heavy atom. The lowest BCUT2D eigenvalue weighted by molar-refractivity contribution is -0.140. The number of carboxylic acid groups (broad SMARTS) is 1. The van der Waals surface area contributed by atoms with Gasteiger partial charge in [-0.15, -0.1) is 0 Å². The van der Waals surface area contributed by atoms with Gasteiger partial charge in [0, 0.05) is 0 Å². The van der Waals surface area contributed by atoms with E-state index in [9.17, 15) is 18.4 Å². The van der Waals surface area contributed by atoms with Crippen molar-refractivity contribution in [1.29, 1.82) is 0 Å². The molecule has 0 spiro atoms. The molecule has 4 rings (SSSR count). The summed E-state index contributed by atoms with van der Waals surface area (Å²) in [5, 5.41) is 9.01. The molecule has 1 aliphatic rings. The molecule has 10 heteroatoms. The average molecular weight is 528 g/mol. The molecule has 3 aromatic rings. The van der Waals surface area contributed by atoms with E-state index < -0.39 is 30.1 Å². The lowest BCUT2D eigenvalue weighted by atomic mass is 10.1. The van der Waals surface area contributed by atoms with Crippen molar-refractivity contribution in [2.45, 2.75) is 13.2 Å². The summed E-state index contributed by atoms with van der Waals surface area (Å²) in [6, 6.07) is 18.0. The Hall–Kier alpha value is -3.76. The van der Waals surface area contributed by atoms with E-state index in [0.29, 0.717) is 22.6 Å². The Bertz CT molecular complexity index is 1350. The smallest absolute Gasteiger partial charge is 0.323 e. The van der Waals surface area contributed by atoms with Crippen molar-refractivity contribution in [3.8, 4) is 11.5 Å². The summed E-state index contributed by atoms with van der Waals surface area (Å²) in [7, 11) is 0. The van der Waals surface area contributed by atoms with Crippen LogP contribution in [0.25, 0.3) is 6.08 Å². The molecular weight excluding hydrogens is 508 g/mol. The predicted octanol–water partition coefficient (Wildman–Crippen LogP) is 5.41. The molecule has 184 valence electrons. The Kier molecular flexibility index (Phi) is 7.97. The van der Waals surface area contributed by atoms with Gasteiger partial charge in [-0.3, -0.25) is 14.5 Å². The number of benzene rings is 3. The molecule has 1 N–H and O–H groups in total. The van der Waals surface area contributed by atoms with Gasteiger partial charge in [-0.05, 0) is 47.0 Å². The number of halogens is 2. The molecule has 0 radical (unpaired) electrons. The fourth-order valence-electron chi connectivity index (χ4n) is 3.30. The number of carboxylic acids is 1. The van der Waals surface area contributed by atoms with E-state index in [1.165, 1.54) is 6.07 Å². The van der Waals surface area contributed by atoms with Crippen molar-refractivity contribution in [3.63, 3.8) is 0 Å². The van der Waals surface area contributed by atoms with Crippen LogP contribution in [0, 0.1) is 11.6 Å². The molecule has 0 saturated carbocycles. The highest BCUT2D eigenvalue weighted by Gasteiger charge is 2.33. The third-order valence-electron chi connectivity index (χ3n) is 5.05. The second-order valence-electron chi connectivity index (χ2n) is 7.68. The Morgan fingerprint density at radius 1 is 0.944 bits per heavy atom. The largest absolute Gasteiger partial charge is 0.485 e. The van der Waals surface area contributed by atoms with Crippen molar-refractivity contribution >= 4 is 46.3 Å². The first-order valence-corrected chi connectivity index (χ1v) is 11.9. The van der Waals surface area contributed by atoms with E-state index in [0.717, 1.165) is 34.4 Å². The van der Waals surface area contributed by atoms with Gasteiger partial charge < -0.3 is 14.6 Å². The van der Waals surface area contributed by atoms with Gasteiger partial charge in [-0.1, -0.05) is 66.4 Å². The molecular formula is C26H19F2NO5S2. The molecule has 36 heavy (non-hydrogen) atoms. The molecule has 1 saturated heterocycles. The summed E-state index contributed by atoms with van der Waals surface area (Å²) >= 11 is 6.14. The molecule has 1 fully saturated rings. The molecule has 0 bridgehead atoms. The van der Waals surface area contributed by atoms with Crippen LogP contribution in [0.3, 0.4) is 0 Å². The van der Waals surface area contributed by atoms with Crippen molar-refractivity contribution in [3.05, 3.63) is 100.0 Å². The lowest BCUT2D eigenvalue weighted by Gasteiger charge is -2.14. The van der Waals surface area contributed by atoms with Crippen molar-refractivity contribution < 1.29 is 33.0 Å². The van der Waals surface area contributed by atoms with Crippen LogP contribution in [-0.4, -0.2) is 32.7 Å². The molecule has 0 unspecified atom stereocenters. The maximum Gasteiger partial charge on any atom is 0.323 e. The first-order chi connectivity index (χ1) is 17.3. The van der Waals surface area contributed by atoms with Crippen molar-refractivity contribution in [1.82, 2.24) is 4.90 Å². The lowest BCUT2D eigenvalue weighted by Crippen LogP contribution is -2.33. The topological polar surface area (TPSA) is 76.1 Å². The number of thioether (sulfide) groups is 1. The van der Waals surface area contributed by atoms with Crippen molar-refractivity contribution in [2.75, 3.05) is 6.54 Å². The van der Waals surface area contributed by atoms with E-state index in [-0.39, 0.29) is 22.4 Å².